The molecule has 0 unspecified atom stereocenters. The molecule has 4 amide bonds. The van der Waals surface area contributed by atoms with Crippen LogP contribution in [0.5, 0.6) is 0 Å². The van der Waals surface area contributed by atoms with Gasteiger partial charge in [0.1, 0.15) is 18.1 Å². The van der Waals surface area contributed by atoms with Crippen molar-refractivity contribution >= 4 is 46.0 Å². The van der Waals surface area contributed by atoms with Crippen LogP contribution in [0.3, 0.4) is 0 Å². The van der Waals surface area contributed by atoms with Gasteiger partial charge in [0.25, 0.3) is 0 Å². The fourth-order valence-corrected chi connectivity index (χ4v) is 5.99. The first-order valence-corrected chi connectivity index (χ1v) is 16.3. The van der Waals surface area contributed by atoms with E-state index in [4.69, 9.17) is 17.3 Å². The maximum Gasteiger partial charge on any atom is 0.243 e. The Hall–Kier alpha value is -4.73. The highest BCUT2D eigenvalue weighted by Gasteiger charge is 2.31. The highest BCUT2D eigenvalue weighted by Crippen LogP contribution is 2.18. The van der Waals surface area contributed by atoms with E-state index in [1.165, 1.54) is 0 Å². The second-order valence-corrected chi connectivity index (χ2v) is 12.5. The van der Waals surface area contributed by atoms with E-state index in [0.717, 1.165) is 40.6 Å². The maximum atomic E-state index is 14.1. The fraction of sp³-hybridized carbons (Fsp3) is 0.297. The minimum Gasteiger partial charge on any atom is -0.368 e. The first-order valence-electron chi connectivity index (χ1n) is 15.9. The number of piperidine rings is 1. The van der Waals surface area contributed by atoms with Gasteiger partial charge in [0.2, 0.25) is 23.6 Å². The second-order valence-electron chi connectivity index (χ2n) is 12.0. The standard InChI is InChI=1S/C37H40ClN5O4/c38-30-14-11-25(12-15-30)22-32(36(46)41-31(34(39)44)21-24-6-2-1-3-7-24)43-37(47)33(42-35(45)28-16-18-40-19-17-28)23-26-10-13-27-8-4-5-9-29(27)20-26/h1-15,20,28,31-33,40H,16-19,21-23H2,(H2,39,44)(H,41,46)(H,42,45)(H,43,47)/t31-,32+,33+/m0/s1. The molecule has 1 saturated heterocycles. The number of halogens is 1. The first kappa shape index (κ1) is 33.6. The van der Waals surface area contributed by atoms with Crippen molar-refractivity contribution in [3.63, 3.8) is 0 Å². The zero-order chi connectivity index (χ0) is 33.2. The SMILES string of the molecule is NC(=O)[C@H](Cc1ccccc1)NC(=O)[C@@H](Cc1ccc(Cl)cc1)NC(=O)[C@@H](Cc1ccc2ccccc2c1)NC(=O)C1CCNCC1. The summed E-state index contributed by atoms with van der Waals surface area (Å²) in [5, 5.41) is 14.5. The van der Waals surface area contributed by atoms with Crippen molar-refractivity contribution in [2.75, 3.05) is 13.1 Å². The molecular formula is C37H40ClN5O4. The Morgan fingerprint density at radius 3 is 1.87 bits per heavy atom. The quantitative estimate of drug-likeness (QED) is 0.150. The lowest BCUT2D eigenvalue weighted by atomic mass is 9.95. The molecule has 6 N–H and O–H groups in total. The molecule has 0 spiro atoms. The summed E-state index contributed by atoms with van der Waals surface area (Å²) in [5.74, 6) is -2.17. The lowest BCUT2D eigenvalue weighted by molar-refractivity contribution is -0.134. The Bertz CT molecular complexity index is 1690. The van der Waals surface area contributed by atoms with Crippen LogP contribution in [0.25, 0.3) is 10.8 Å². The van der Waals surface area contributed by atoms with Gasteiger partial charge in [0.05, 0.1) is 0 Å². The van der Waals surface area contributed by atoms with Gasteiger partial charge in [-0.25, -0.2) is 0 Å². The Morgan fingerprint density at radius 2 is 1.19 bits per heavy atom. The summed E-state index contributed by atoms with van der Waals surface area (Å²) in [7, 11) is 0. The molecule has 0 aliphatic carbocycles. The van der Waals surface area contributed by atoms with E-state index in [9.17, 15) is 19.2 Å². The summed E-state index contributed by atoms with van der Waals surface area (Å²) in [6, 6.07) is 27.0. The van der Waals surface area contributed by atoms with Crippen LogP contribution in [0.4, 0.5) is 0 Å². The van der Waals surface area contributed by atoms with Gasteiger partial charge in [-0.2, -0.15) is 0 Å². The molecule has 10 heteroatoms. The Labute approximate surface area is 279 Å². The fourth-order valence-electron chi connectivity index (χ4n) is 5.87. The van der Waals surface area contributed by atoms with Crippen molar-refractivity contribution in [3.05, 3.63) is 119 Å². The third-order valence-corrected chi connectivity index (χ3v) is 8.78. The molecule has 1 aliphatic rings. The van der Waals surface area contributed by atoms with Crippen molar-refractivity contribution in [1.29, 1.82) is 0 Å². The summed E-state index contributed by atoms with van der Waals surface area (Å²) >= 11 is 6.10. The zero-order valence-electron chi connectivity index (χ0n) is 26.1. The number of fused-ring (bicyclic) bond motifs is 1. The van der Waals surface area contributed by atoms with Crippen molar-refractivity contribution in [1.82, 2.24) is 21.3 Å². The first-order chi connectivity index (χ1) is 22.7. The van der Waals surface area contributed by atoms with E-state index in [1.54, 1.807) is 24.3 Å². The second kappa shape index (κ2) is 16.2. The van der Waals surface area contributed by atoms with Crippen molar-refractivity contribution < 1.29 is 19.2 Å². The van der Waals surface area contributed by atoms with Gasteiger partial charge in [-0.05, 0) is 65.5 Å². The number of carbonyl (C=O) groups excluding carboxylic acids is 4. The third-order valence-electron chi connectivity index (χ3n) is 8.53. The number of hydrogen-bond acceptors (Lipinski definition) is 5. The van der Waals surface area contributed by atoms with Crippen LogP contribution in [-0.2, 0) is 38.4 Å². The van der Waals surface area contributed by atoms with Crippen molar-refractivity contribution in [3.8, 4) is 0 Å². The highest BCUT2D eigenvalue weighted by atomic mass is 35.5. The average molecular weight is 654 g/mol. The van der Waals surface area contributed by atoms with Crippen LogP contribution >= 0.6 is 11.6 Å². The number of nitrogens with two attached hydrogens (primary N) is 1. The van der Waals surface area contributed by atoms with E-state index in [0.29, 0.717) is 17.9 Å². The summed E-state index contributed by atoms with van der Waals surface area (Å²) in [4.78, 5) is 53.7. The summed E-state index contributed by atoms with van der Waals surface area (Å²) in [6.07, 6.45) is 1.89. The normalized spacial score (nSPS) is 15.3. The maximum absolute atomic E-state index is 14.1. The van der Waals surface area contributed by atoms with Crippen LogP contribution in [-0.4, -0.2) is 54.8 Å². The molecule has 5 rings (SSSR count). The number of primary amides is 1. The lowest BCUT2D eigenvalue weighted by Gasteiger charge is -2.27. The minimum atomic E-state index is -1.07. The molecule has 47 heavy (non-hydrogen) atoms. The molecule has 4 aromatic carbocycles. The van der Waals surface area contributed by atoms with Gasteiger partial charge in [-0.1, -0.05) is 96.5 Å². The zero-order valence-corrected chi connectivity index (χ0v) is 26.8. The van der Waals surface area contributed by atoms with Gasteiger partial charge in [-0.15, -0.1) is 0 Å². The Morgan fingerprint density at radius 1 is 0.660 bits per heavy atom. The van der Waals surface area contributed by atoms with E-state index in [2.05, 4.69) is 21.3 Å². The molecule has 0 aromatic heterocycles. The number of nitrogens with one attached hydrogen (secondary N) is 4. The summed E-state index contributed by atoms with van der Waals surface area (Å²) in [6.45, 7) is 1.46. The number of rotatable bonds is 13. The van der Waals surface area contributed by atoms with Crippen LogP contribution in [0.1, 0.15) is 29.5 Å². The largest absolute Gasteiger partial charge is 0.368 e. The number of benzene rings is 4. The predicted molar refractivity (Wildman–Crippen MR) is 184 cm³/mol. The summed E-state index contributed by atoms with van der Waals surface area (Å²) < 4.78 is 0. The minimum absolute atomic E-state index is 0.122. The van der Waals surface area contributed by atoms with Gasteiger partial charge in [-0.3, -0.25) is 19.2 Å². The summed E-state index contributed by atoms with van der Waals surface area (Å²) in [5.41, 5.74) is 8.13. The highest BCUT2D eigenvalue weighted by molar-refractivity contribution is 6.30. The topological polar surface area (TPSA) is 142 Å². The molecule has 0 bridgehead atoms. The van der Waals surface area contributed by atoms with Crippen LogP contribution in [0.15, 0.2) is 97.1 Å². The number of carbonyl (C=O) groups is 4. The molecule has 1 aliphatic heterocycles. The lowest BCUT2D eigenvalue weighted by Crippen LogP contribution is -2.58. The molecule has 1 fully saturated rings. The Balaban J connectivity index is 1.39. The van der Waals surface area contributed by atoms with Gasteiger partial charge < -0.3 is 27.0 Å². The van der Waals surface area contributed by atoms with Gasteiger partial charge in [0.15, 0.2) is 0 Å². The molecule has 9 nitrogen and oxygen atoms in total. The van der Waals surface area contributed by atoms with Crippen LogP contribution in [0.2, 0.25) is 5.02 Å². The van der Waals surface area contributed by atoms with E-state index >= 15 is 0 Å². The Kier molecular flexibility index (Phi) is 11.6. The molecule has 4 aromatic rings. The molecule has 0 saturated carbocycles. The van der Waals surface area contributed by atoms with Crippen molar-refractivity contribution in [2.45, 2.75) is 50.2 Å². The molecule has 1 heterocycles. The van der Waals surface area contributed by atoms with Crippen LogP contribution < -0.4 is 27.0 Å². The smallest absolute Gasteiger partial charge is 0.243 e. The molecule has 0 radical (unpaired) electrons. The van der Waals surface area contributed by atoms with Gasteiger partial charge in [0, 0.05) is 30.2 Å². The average Bonchev–Trinajstić information content (AvgIpc) is 3.09. The van der Waals surface area contributed by atoms with Crippen LogP contribution in [0, 0.1) is 5.92 Å². The number of hydrogen-bond donors (Lipinski definition) is 5. The van der Waals surface area contributed by atoms with E-state index in [1.807, 2.05) is 72.8 Å². The van der Waals surface area contributed by atoms with Crippen molar-refractivity contribution in [2.24, 2.45) is 11.7 Å². The number of amides is 4. The van der Waals surface area contributed by atoms with E-state index < -0.39 is 35.8 Å². The predicted octanol–water partition coefficient (Wildman–Crippen LogP) is 3.46. The monoisotopic (exact) mass is 653 g/mol. The van der Waals surface area contributed by atoms with E-state index in [-0.39, 0.29) is 31.1 Å². The molecule has 244 valence electrons. The van der Waals surface area contributed by atoms with Gasteiger partial charge >= 0.3 is 0 Å². The molecular weight excluding hydrogens is 614 g/mol. The molecule has 3 atom stereocenters. The third kappa shape index (κ3) is 9.64.